The highest BCUT2D eigenvalue weighted by Crippen LogP contribution is 2.62. The monoisotopic (exact) mass is 359 g/mol. The maximum absolute atomic E-state index is 13.1. The van der Waals surface area contributed by atoms with Gasteiger partial charge in [-0.1, -0.05) is 25.4 Å². The third kappa shape index (κ3) is 2.67. The molecule has 1 aliphatic heterocycles. The zero-order valence-electron chi connectivity index (χ0n) is 15.4. The summed E-state index contributed by atoms with van der Waals surface area (Å²) >= 11 is 6.07. The van der Waals surface area contributed by atoms with Gasteiger partial charge in [-0.15, -0.1) is 0 Å². The molecule has 2 fully saturated rings. The first kappa shape index (κ1) is 16.9. The minimum Gasteiger partial charge on any atom is -0.351 e. The Bertz CT molecular complexity index is 837. The van der Waals surface area contributed by atoms with Gasteiger partial charge in [-0.2, -0.15) is 0 Å². The fourth-order valence-corrected chi connectivity index (χ4v) is 5.69. The lowest BCUT2D eigenvalue weighted by atomic mass is 9.48. The van der Waals surface area contributed by atoms with Crippen molar-refractivity contribution in [2.24, 2.45) is 16.7 Å². The lowest BCUT2D eigenvalue weighted by Gasteiger charge is -2.57. The summed E-state index contributed by atoms with van der Waals surface area (Å²) in [6, 6.07) is 7.60. The summed E-state index contributed by atoms with van der Waals surface area (Å²) in [5.41, 5.74) is 2.19. The lowest BCUT2D eigenvalue weighted by Crippen LogP contribution is -2.57. The van der Waals surface area contributed by atoms with Crippen molar-refractivity contribution in [1.29, 1.82) is 0 Å². The fraction of sp³-hybridized carbons (Fsp3) is 0.550. The van der Waals surface area contributed by atoms with E-state index < -0.39 is 0 Å². The molecule has 1 aromatic heterocycles. The Balaban J connectivity index is 1.60. The molecule has 4 nitrogen and oxygen atoms in total. The summed E-state index contributed by atoms with van der Waals surface area (Å²) in [5.74, 6) is 0.681. The zero-order valence-corrected chi connectivity index (χ0v) is 16.2. The molecular weight excluding hydrogens is 334 g/mol. The number of aromatic nitrogens is 1. The zero-order chi connectivity index (χ0) is 18.0. The van der Waals surface area contributed by atoms with Gasteiger partial charge < -0.3 is 14.8 Å². The van der Waals surface area contributed by atoms with Crippen LogP contribution in [0.1, 0.15) is 30.8 Å². The Morgan fingerprint density at radius 2 is 2.12 bits per heavy atom. The van der Waals surface area contributed by atoms with E-state index in [1.54, 1.807) is 0 Å². The molecule has 2 aliphatic rings. The Kier molecular flexibility index (Phi) is 3.71. The first-order valence-corrected chi connectivity index (χ1v) is 9.30. The van der Waals surface area contributed by atoms with Crippen LogP contribution in [0.4, 0.5) is 0 Å². The molecule has 1 saturated carbocycles. The maximum Gasteiger partial charge on any atom is 0.270 e. The third-order valence-corrected chi connectivity index (χ3v) is 6.37. The van der Waals surface area contributed by atoms with Crippen molar-refractivity contribution in [3.8, 4) is 0 Å². The quantitative estimate of drug-likeness (QED) is 0.903. The molecule has 1 aromatic carbocycles. The van der Waals surface area contributed by atoms with Gasteiger partial charge in [-0.05, 0) is 56.1 Å². The topological polar surface area (TPSA) is 39.3 Å². The number of rotatable bonds is 3. The van der Waals surface area contributed by atoms with E-state index in [-0.39, 0.29) is 11.3 Å². The van der Waals surface area contributed by atoms with E-state index in [0.29, 0.717) is 22.0 Å². The number of halogens is 1. The Labute approximate surface area is 154 Å². The van der Waals surface area contributed by atoms with Crippen molar-refractivity contribution >= 4 is 28.4 Å². The fourth-order valence-electron chi connectivity index (χ4n) is 5.51. The van der Waals surface area contributed by atoms with Crippen LogP contribution in [-0.2, 0) is 0 Å². The van der Waals surface area contributed by atoms with Crippen molar-refractivity contribution in [2.75, 3.05) is 33.7 Å². The Hall–Kier alpha value is -1.52. The number of hydrogen-bond donors (Lipinski definition) is 1. The highest BCUT2D eigenvalue weighted by molar-refractivity contribution is 6.31. The van der Waals surface area contributed by atoms with E-state index in [1.807, 2.05) is 24.3 Å². The smallest absolute Gasteiger partial charge is 0.270 e. The molecule has 2 aromatic rings. The van der Waals surface area contributed by atoms with Crippen LogP contribution in [0.3, 0.4) is 0 Å². The van der Waals surface area contributed by atoms with Crippen LogP contribution in [0.15, 0.2) is 24.3 Å². The summed E-state index contributed by atoms with van der Waals surface area (Å²) in [5, 5.41) is 1.68. The molecule has 0 radical (unpaired) electrons. The molecule has 2 heterocycles. The largest absolute Gasteiger partial charge is 0.351 e. The molecule has 1 saturated heterocycles. The van der Waals surface area contributed by atoms with Gasteiger partial charge in [0.1, 0.15) is 5.69 Å². The van der Waals surface area contributed by atoms with E-state index in [0.717, 1.165) is 30.5 Å². The van der Waals surface area contributed by atoms with Gasteiger partial charge in [-0.25, -0.2) is 0 Å². The summed E-state index contributed by atoms with van der Waals surface area (Å²) in [6.45, 7) is 7.44. The van der Waals surface area contributed by atoms with Crippen molar-refractivity contribution in [3.63, 3.8) is 0 Å². The predicted molar refractivity (Wildman–Crippen MR) is 102 cm³/mol. The molecule has 0 unspecified atom stereocenters. The van der Waals surface area contributed by atoms with Crippen LogP contribution in [0, 0.1) is 16.7 Å². The molecule has 0 spiro atoms. The van der Waals surface area contributed by atoms with Crippen LogP contribution >= 0.6 is 11.6 Å². The second kappa shape index (κ2) is 5.49. The first-order valence-electron chi connectivity index (χ1n) is 8.93. The third-order valence-electron chi connectivity index (χ3n) is 6.13. The first-order chi connectivity index (χ1) is 11.7. The minimum atomic E-state index is 0.107. The summed E-state index contributed by atoms with van der Waals surface area (Å²) in [4.78, 5) is 20.7. The van der Waals surface area contributed by atoms with Gasteiger partial charge in [0.05, 0.1) is 0 Å². The van der Waals surface area contributed by atoms with Crippen molar-refractivity contribution in [2.45, 2.75) is 20.3 Å². The second-order valence-electron chi connectivity index (χ2n) is 8.92. The van der Waals surface area contributed by atoms with Crippen LogP contribution < -0.4 is 0 Å². The van der Waals surface area contributed by atoms with Crippen LogP contribution in [0.5, 0.6) is 0 Å². The van der Waals surface area contributed by atoms with E-state index in [1.165, 1.54) is 6.42 Å². The number of nitrogens with one attached hydrogen (secondary N) is 1. The van der Waals surface area contributed by atoms with E-state index >= 15 is 0 Å². The maximum atomic E-state index is 13.1. The molecule has 0 bridgehead atoms. The molecule has 1 aliphatic carbocycles. The number of carbonyl (C=O) groups excluding carboxylic acids is 1. The minimum absolute atomic E-state index is 0.107. The van der Waals surface area contributed by atoms with E-state index in [9.17, 15) is 4.79 Å². The van der Waals surface area contributed by atoms with Crippen LogP contribution in [-0.4, -0.2) is 54.4 Å². The number of benzene rings is 1. The number of amides is 1. The average molecular weight is 360 g/mol. The number of hydrogen-bond acceptors (Lipinski definition) is 2. The summed E-state index contributed by atoms with van der Waals surface area (Å²) < 4.78 is 0. The molecule has 1 amide bonds. The van der Waals surface area contributed by atoms with Gasteiger partial charge in [-0.3, -0.25) is 4.79 Å². The van der Waals surface area contributed by atoms with Crippen molar-refractivity contribution < 1.29 is 4.79 Å². The van der Waals surface area contributed by atoms with E-state index in [4.69, 9.17) is 11.6 Å². The molecule has 4 rings (SSSR count). The highest BCUT2D eigenvalue weighted by atomic mass is 35.5. The molecule has 25 heavy (non-hydrogen) atoms. The van der Waals surface area contributed by atoms with Gasteiger partial charge >= 0.3 is 0 Å². The second-order valence-corrected chi connectivity index (χ2v) is 9.35. The number of fused-ring (bicyclic) bond motifs is 2. The van der Waals surface area contributed by atoms with Crippen molar-refractivity contribution in [3.05, 3.63) is 35.0 Å². The number of nitrogens with zero attached hydrogens (tertiary/aromatic N) is 2. The van der Waals surface area contributed by atoms with Crippen LogP contribution in [0.25, 0.3) is 10.9 Å². The number of aromatic amines is 1. The Morgan fingerprint density at radius 1 is 1.36 bits per heavy atom. The number of likely N-dealkylation sites (tertiary alicyclic amines) is 1. The highest BCUT2D eigenvalue weighted by Gasteiger charge is 2.63. The van der Waals surface area contributed by atoms with Gasteiger partial charge in [0, 0.05) is 41.0 Å². The SMILES string of the molecule is CN(C)C[C@@]12CN(C(=O)c3cc4cc(Cl)ccc4[nH]3)C[C@@H]1C(C)(C)C2. The van der Waals surface area contributed by atoms with Crippen LogP contribution in [0.2, 0.25) is 5.02 Å². The summed E-state index contributed by atoms with van der Waals surface area (Å²) in [6.07, 6.45) is 1.19. The van der Waals surface area contributed by atoms with Gasteiger partial charge in [0.25, 0.3) is 5.91 Å². The predicted octanol–water partition coefficient (Wildman–Crippen LogP) is 3.87. The standard InChI is InChI=1S/C20H26ClN3O/c1-19(2)10-20(11-23(3)4)12-24(9-17(19)20)18(25)16-8-13-7-14(21)5-6-15(13)22-16/h5-8,17,22H,9-12H2,1-4H3/t17-,20+/m1/s1. The van der Waals surface area contributed by atoms with E-state index in [2.05, 4.69) is 42.7 Å². The molecule has 5 heteroatoms. The molecule has 2 atom stereocenters. The molecule has 1 N–H and O–H groups in total. The molecule has 134 valence electrons. The van der Waals surface area contributed by atoms with Gasteiger partial charge in [0.15, 0.2) is 0 Å². The van der Waals surface area contributed by atoms with Crippen molar-refractivity contribution in [1.82, 2.24) is 14.8 Å². The van der Waals surface area contributed by atoms with Gasteiger partial charge in [0.2, 0.25) is 0 Å². The normalized spacial score (nSPS) is 27.6. The number of H-pyrrole nitrogens is 1. The lowest BCUT2D eigenvalue weighted by molar-refractivity contribution is -0.0789. The summed E-state index contributed by atoms with van der Waals surface area (Å²) in [7, 11) is 4.26. The molecular formula is C20H26ClN3O. The Morgan fingerprint density at radius 3 is 2.80 bits per heavy atom. The number of carbonyl (C=O) groups is 1. The average Bonchev–Trinajstić information content (AvgIpc) is 3.04.